The molecule has 1 saturated heterocycles. The van der Waals surface area contributed by atoms with Gasteiger partial charge in [0, 0.05) is 24.7 Å². The van der Waals surface area contributed by atoms with Gasteiger partial charge in [0.15, 0.2) is 0 Å². The summed E-state index contributed by atoms with van der Waals surface area (Å²) in [6.45, 7) is 5.84. The number of carboxylic acid groups (broad SMARTS) is 1. The molecule has 2 rings (SSSR count). The number of nitrogens with two attached hydrogens (primary N) is 1. The summed E-state index contributed by atoms with van der Waals surface area (Å²) in [5.74, 6) is -1.81. The minimum absolute atomic E-state index is 0.152. The molecule has 1 aliphatic heterocycles. The zero-order valence-corrected chi connectivity index (χ0v) is 13.1. The van der Waals surface area contributed by atoms with Crippen LogP contribution in [0.25, 0.3) is 0 Å². The van der Waals surface area contributed by atoms with Gasteiger partial charge in [-0.15, -0.1) is 0 Å². The Morgan fingerprint density at radius 1 is 1.23 bits per heavy atom. The van der Waals surface area contributed by atoms with Crippen LogP contribution in [0.3, 0.4) is 0 Å². The summed E-state index contributed by atoms with van der Waals surface area (Å²) in [6.07, 6.45) is -0.475. The lowest BCUT2D eigenvalue weighted by molar-refractivity contribution is -0.141. The van der Waals surface area contributed by atoms with Gasteiger partial charge in [0.25, 0.3) is 0 Å². The Hall–Kier alpha value is -2.24. The Morgan fingerprint density at radius 2 is 1.82 bits per heavy atom. The lowest BCUT2D eigenvalue weighted by Crippen LogP contribution is -2.35. The summed E-state index contributed by atoms with van der Waals surface area (Å²) in [5, 5.41) is 9.43. The van der Waals surface area contributed by atoms with E-state index in [4.69, 9.17) is 10.5 Å². The van der Waals surface area contributed by atoms with Gasteiger partial charge in [0.1, 0.15) is 5.60 Å². The number of carbonyl (C=O) groups excluding carboxylic acids is 1. The summed E-state index contributed by atoms with van der Waals surface area (Å²) in [4.78, 5) is 25.1. The number of carboxylic acids is 1. The molecule has 3 N–H and O–H groups in total. The van der Waals surface area contributed by atoms with Crippen molar-refractivity contribution in [2.24, 2.45) is 5.92 Å². The molecule has 120 valence electrons. The van der Waals surface area contributed by atoms with Crippen molar-refractivity contribution in [1.82, 2.24) is 4.90 Å². The minimum atomic E-state index is -0.909. The molecule has 1 fully saturated rings. The van der Waals surface area contributed by atoms with Gasteiger partial charge in [-0.3, -0.25) is 4.79 Å². The number of nitrogens with zero attached hydrogens (tertiary/aromatic N) is 1. The van der Waals surface area contributed by atoms with Gasteiger partial charge < -0.3 is 20.5 Å². The highest BCUT2D eigenvalue weighted by molar-refractivity contribution is 5.76. The average molecular weight is 306 g/mol. The van der Waals surface area contributed by atoms with Gasteiger partial charge in [0.05, 0.1) is 5.92 Å². The van der Waals surface area contributed by atoms with E-state index in [2.05, 4.69) is 0 Å². The Bertz CT molecular complexity index is 563. The summed E-state index contributed by atoms with van der Waals surface area (Å²) < 4.78 is 5.33. The number of likely N-dealkylation sites (tertiary alicyclic amines) is 1. The van der Waals surface area contributed by atoms with E-state index in [1.54, 1.807) is 32.9 Å². The van der Waals surface area contributed by atoms with Crippen LogP contribution >= 0.6 is 0 Å². The zero-order valence-electron chi connectivity index (χ0n) is 13.1. The van der Waals surface area contributed by atoms with E-state index in [-0.39, 0.29) is 12.5 Å². The second-order valence-corrected chi connectivity index (χ2v) is 6.60. The van der Waals surface area contributed by atoms with Gasteiger partial charge in [-0.1, -0.05) is 12.1 Å². The van der Waals surface area contributed by atoms with Crippen LogP contribution in [0, 0.1) is 5.92 Å². The van der Waals surface area contributed by atoms with Gasteiger partial charge in [-0.2, -0.15) is 0 Å². The maximum Gasteiger partial charge on any atom is 0.410 e. The third-order valence-electron chi connectivity index (χ3n) is 3.65. The molecule has 1 aromatic rings. The fourth-order valence-electron chi connectivity index (χ4n) is 2.61. The van der Waals surface area contributed by atoms with E-state index in [9.17, 15) is 14.7 Å². The Labute approximate surface area is 129 Å². The lowest BCUT2D eigenvalue weighted by atomic mass is 9.89. The van der Waals surface area contributed by atoms with Gasteiger partial charge in [-0.25, -0.2) is 4.79 Å². The summed E-state index contributed by atoms with van der Waals surface area (Å²) in [5.41, 5.74) is 6.55. The molecule has 1 aromatic carbocycles. The van der Waals surface area contributed by atoms with Gasteiger partial charge in [0.2, 0.25) is 0 Å². The minimum Gasteiger partial charge on any atom is -0.481 e. The first-order chi connectivity index (χ1) is 10.2. The number of benzene rings is 1. The summed E-state index contributed by atoms with van der Waals surface area (Å²) in [6, 6.07) is 7.11. The largest absolute Gasteiger partial charge is 0.481 e. The molecule has 6 nitrogen and oxygen atoms in total. The zero-order chi connectivity index (χ0) is 16.5. The molecule has 1 amide bonds. The van der Waals surface area contributed by atoms with Gasteiger partial charge in [-0.05, 0) is 38.5 Å². The third-order valence-corrected chi connectivity index (χ3v) is 3.65. The van der Waals surface area contributed by atoms with Crippen molar-refractivity contribution in [3.05, 3.63) is 29.8 Å². The predicted molar refractivity (Wildman–Crippen MR) is 82.5 cm³/mol. The molecular formula is C16H22N2O4. The maximum absolute atomic E-state index is 12.2. The highest BCUT2D eigenvalue weighted by atomic mass is 16.6. The Morgan fingerprint density at radius 3 is 2.32 bits per heavy atom. The van der Waals surface area contributed by atoms with E-state index >= 15 is 0 Å². The number of anilines is 1. The molecule has 0 saturated carbocycles. The SMILES string of the molecule is CC(C)(C)OC(=O)N1CC(C(=O)O)C(c2ccc(N)cc2)C1. The monoisotopic (exact) mass is 306 g/mol. The van der Waals surface area contributed by atoms with E-state index in [0.717, 1.165) is 5.56 Å². The molecule has 1 aliphatic rings. The van der Waals surface area contributed by atoms with Crippen molar-refractivity contribution >= 4 is 17.7 Å². The molecule has 0 aromatic heterocycles. The number of aliphatic carboxylic acids is 1. The number of ether oxygens (including phenoxy) is 1. The van der Waals surface area contributed by atoms with Crippen molar-refractivity contribution in [1.29, 1.82) is 0 Å². The number of carbonyl (C=O) groups is 2. The average Bonchev–Trinajstić information content (AvgIpc) is 2.83. The van der Waals surface area contributed by atoms with Crippen LogP contribution in [0.4, 0.5) is 10.5 Å². The smallest absolute Gasteiger partial charge is 0.410 e. The standard InChI is InChI=1S/C16H22N2O4/c1-16(2,3)22-15(21)18-8-12(13(9-18)14(19)20)10-4-6-11(17)7-5-10/h4-7,12-13H,8-9,17H2,1-3H3,(H,19,20). The first-order valence-corrected chi connectivity index (χ1v) is 7.23. The second kappa shape index (κ2) is 5.87. The fourth-order valence-corrected chi connectivity index (χ4v) is 2.61. The van der Waals surface area contributed by atoms with Crippen LogP contribution < -0.4 is 5.73 Å². The molecular weight excluding hydrogens is 284 g/mol. The first-order valence-electron chi connectivity index (χ1n) is 7.23. The molecule has 2 unspecified atom stereocenters. The molecule has 0 aliphatic carbocycles. The molecule has 0 bridgehead atoms. The maximum atomic E-state index is 12.2. The lowest BCUT2D eigenvalue weighted by Gasteiger charge is -2.24. The van der Waals surface area contributed by atoms with E-state index in [1.807, 2.05) is 12.1 Å². The normalized spacial score (nSPS) is 21.7. The molecule has 0 radical (unpaired) electrons. The Kier molecular flexibility index (Phi) is 4.30. The molecule has 22 heavy (non-hydrogen) atoms. The van der Waals surface area contributed by atoms with Crippen LogP contribution in [-0.4, -0.2) is 40.8 Å². The highest BCUT2D eigenvalue weighted by Gasteiger charge is 2.41. The number of amides is 1. The van der Waals surface area contributed by atoms with Gasteiger partial charge >= 0.3 is 12.1 Å². The number of rotatable bonds is 2. The van der Waals surface area contributed by atoms with E-state index < -0.39 is 23.6 Å². The number of nitrogen functional groups attached to an aromatic ring is 1. The van der Waals surface area contributed by atoms with Crippen molar-refractivity contribution in [2.45, 2.75) is 32.3 Å². The quantitative estimate of drug-likeness (QED) is 0.818. The van der Waals surface area contributed by atoms with Crippen molar-refractivity contribution in [3.63, 3.8) is 0 Å². The van der Waals surface area contributed by atoms with Crippen LogP contribution in [0.2, 0.25) is 0 Å². The van der Waals surface area contributed by atoms with Crippen LogP contribution in [-0.2, 0) is 9.53 Å². The van der Waals surface area contributed by atoms with Crippen LogP contribution in [0.5, 0.6) is 0 Å². The molecule has 0 spiro atoms. The van der Waals surface area contributed by atoms with E-state index in [1.165, 1.54) is 4.90 Å². The molecule has 2 atom stereocenters. The molecule has 1 heterocycles. The van der Waals surface area contributed by atoms with Crippen LogP contribution in [0.15, 0.2) is 24.3 Å². The molecule has 6 heteroatoms. The first kappa shape index (κ1) is 16.1. The predicted octanol–water partition coefficient (Wildman–Crippen LogP) is 2.30. The second-order valence-electron chi connectivity index (χ2n) is 6.60. The van der Waals surface area contributed by atoms with Crippen molar-refractivity contribution in [3.8, 4) is 0 Å². The topological polar surface area (TPSA) is 92.9 Å². The van der Waals surface area contributed by atoms with E-state index in [0.29, 0.717) is 12.2 Å². The fraction of sp³-hybridized carbons (Fsp3) is 0.500. The third kappa shape index (κ3) is 3.69. The van der Waals surface area contributed by atoms with Crippen molar-refractivity contribution < 1.29 is 19.4 Å². The van der Waals surface area contributed by atoms with Crippen LogP contribution in [0.1, 0.15) is 32.3 Å². The van der Waals surface area contributed by atoms with Crippen molar-refractivity contribution in [2.75, 3.05) is 18.8 Å². The summed E-state index contributed by atoms with van der Waals surface area (Å²) in [7, 11) is 0. The number of hydrogen-bond acceptors (Lipinski definition) is 4. The Balaban J connectivity index is 2.18. The highest BCUT2D eigenvalue weighted by Crippen LogP contribution is 2.34. The summed E-state index contributed by atoms with van der Waals surface area (Å²) >= 11 is 0. The number of hydrogen-bond donors (Lipinski definition) is 2.